The molecule has 0 aliphatic heterocycles. The van der Waals surface area contributed by atoms with Crippen LogP contribution in [0.3, 0.4) is 0 Å². The van der Waals surface area contributed by atoms with E-state index in [4.69, 9.17) is 34.8 Å². The van der Waals surface area contributed by atoms with E-state index in [0.29, 0.717) is 32.9 Å². The van der Waals surface area contributed by atoms with E-state index >= 15 is 0 Å². The van der Waals surface area contributed by atoms with Crippen LogP contribution in [0.5, 0.6) is 0 Å². The normalized spacial score (nSPS) is 12.2. The molecule has 0 aliphatic rings. The average molecular weight is 577 g/mol. The van der Waals surface area contributed by atoms with Crippen LogP contribution in [-0.4, -0.2) is 50.5 Å². The second-order valence-electron chi connectivity index (χ2n) is 8.46. The van der Waals surface area contributed by atoms with Gasteiger partial charge in [0.15, 0.2) is 0 Å². The number of nitrogens with one attached hydrogen (secondary N) is 1. The molecule has 2 amide bonds. The summed E-state index contributed by atoms with van der Waals surface area (Å²) in [5, 5.41) is 4.13. The zero-order valence-electron chi connectivity index (χ0n) is 20.6. The first-order valence-electron chi connectivity index (χ1n) is 11.7. The van der Waals surface area contributed by atoms with Gasteiger partial charge >= 0.3 is 0 Å². The van der Waals surface area contributed by atoms with E-state index in [2.05, 4.69) is 5.32 Å². The molecule has 0 saturated heterocycles. The second kappa shape index (κ2) is 14.1. The van der Waals surface area contributed by atoms with E-state index in [1.165, 1.54) is 9.21 Å². The summed E-state index contributed by atoms with van der Waals surface area (Å²) >= 11 is 18.6. The predicted molar refractivity (Wildman–Crippen MR) is 147 cm³/mol. The summed E-state index contributed by atoms with van der Waals surface area (Å²) in [6.45, 7) is 4.32. The van der Waals surface area contributed by atoms with Crippen LogP contribution in [-0.2, 0) is 26.2 Å². The van der Waals surface area contributed by atoms with Crippen molar-refractivity contribution in [3.63, 3.8) is 0 Å². The van der Waals surface area contributed by atoms with Crippen molar-refractivity contribution >= 4 is 62.3 Å². The SMILES string of the molecule is CCCCNC(=O)[C@H](C)N(Cc1c(Cl)cccc1Cl)C(=O)CCCN(c1ccc(Cl)cc1)S(C)(=O)=O. The van der Waals surface area contributed by atoms with Crippen LogP contribution in [0.25, 0.3) is 0 Å². The molecular formula is C25H32Cl3N3O4S. The number of halogens is 3. The van der Waals surface area contributed by atoms with Crippen molar-refractivity contribution in [1.29, 1.82) is 0 Å². The third-order valence-corrected chi connectivity index (χ3v) is 7.81. The molecule has 36 heavy (non-hydrogen) atoms. The highest BCUT2D eigenvalue weighted by atomic mass is 35.5. The zero-order chi connectivity index (χ0) is 26.9. The Morgan fingerprint density at radius 1 is 1.00 bits per heavy atom. The molecule has 0 unspecified atom stereocenters. The lowest BCUT2D eigenvalue weighted by Crippen LogP contribution is -2.48. The zero-order valence-corrected chi connectivity index (χ0v) is 23.7. The van der Waals surface area contributed by atoms with Crippen LogP contribution in [0, 0.1) is 0 Å². The van der Waals surface area contributed by atoms with Crippen LogP contribution in [0.2, 0.25) is 15.1 Å². The number of sulfonamides is 1. The van der Waals surface area contributed by atoms with Gasteiger partial charge in [-0.2, -0.15) is 0 Å². The van der Waals surface area contributed by atoms with Crippen molar-refractivity contribution in [3.8, 4) is 0 Å². The van der Waals surface area contributed by atoms with Crippen molar-refractivity contribution in [2.75, 3.05) is 23.7 Å². The third-order valence-electron chi connectivity index (χ3n) is 5.65. The Morgan fingerprint density at radius 2 is 1.61 bits per heavy atom. The van der Waals surface area contributed by atoms with Gasteiger partial charge in [0.2, 0.25) is 21.8 Å². The van der Waals surface area contributed by atoms with Gasteiger partial charge < -0.3 is 10.2 Å². The molecule has 1 N–H and O–H groups in total. The smallest absolute Gasteiger partial charge is 0.242 e. The highest BCUT2D eigenvalue weighted by molar-refractivity contribution is 7.92. The number of unbranched alkanes of at least 4 members (excludes halogenated alkanes) is 1. The quantitative estimate of drug-likeness (QED) is 0.318. The number of hydrogen-bond donors (Lipinski definition) is 1. The van der Waals surface area contributed by atoms with Crippen molar-refractivity contribution in [2.45, 2.75) is 52.1 Å². The number of rotatable bonds is 13. The van der Waals surface area contributed by atoms with Gasteiger partial charge in [0.05, 0.1) is 11.9 Å². The van der Waals surface area contributed by atoms with E-state index < -0.39 is 16.1 Å². The Hall–Kier alpha value is -2.00. The van der Waals surface area contributed by atoms with Crippen LogP contribution in [0.4, 0.5) is 5.69 Å². The molecule has 0 aliphatic carbocycles. The number of benzene rings is 2. The number of nitrogens with zero attached hydrogens (tertiary/aromatic N) is 2. The molecule has 7 nitrogen and oxygen atoms in total. The Bertz CT molecular complexity index is 1120. The summed E-state index contributed by atoms with van der Waals surface area (Å²) in [5.74, 6) is -0.590. The molecule has 0 heterocycles. The molecule has 11 heteroatoms. The number of carbonyl (C=O) groups excluding carboxylic acids is 2. The van der Waals surface area contributed by atoms with Gasteiger partial charge in [-0.1, -0.05) is 54.2 Å². The Morgan fingerprint density at radius 3 is 2.17 bits per heavy atom. The number of anilines is 1. The van der Waals surface area contributed by atoms with E-state index in [1.54, 1.807) is 49.4 Å². The number of hydrogen-bond acceptors (Lipinski definition) is 4. The molecule has 0 radical (unpaired) electrons. The van der Waals surface area contributed by atoms with Crippen LogP contribution in [0.15, 0.2) is 42.5 Å². The summed E-state index contributed by atoms with van der Waals surface area (Å²) in [7, 11) is -3.59. The lowest BCUT2D eigenvalue weighted by molar-refractivity contribution is -0.140. The molecule has 0 aromatic heterocycles. The van der Waals surface area contributed by atoms with Crippen LogP contribution < -0.4 is 9.62 Å². The molecule has 1 atom stereocenters. The van der Waals surface area contributed by atoms with Gasteiger partial charge in [-0.25, -0.2) is 8.42 Å². The van der Waals surface area contributed by atoms with Crippen molar-refractivity contribution < 1.29 is 18.0 Å². The summed E-state index contributed by atoms with van der Waals surface area (Å²) in [4.78, 5) is 27.5. The minimum Gasteiger partial charge on any atom is -0.354 e. The van der Waals surface area contributed by atoms with Gasteiger partial charge in [0.25, 0.3) is 0 Å². The molecule has 0 spiro atoms. The lowest BCUT2D eigenvalue weighted by atomic mass is 10.1. The maximum Gasteiger partial charge on any atom is 0.242 e. The second-order valence-corrected chi connectivity index (χ2v) is 11.6. The standard InChI is InChI=1S/C25H32Cl3N3O4S/c1-4-5-15-29-25(33)18(2)30(17-21-22(27)8-6-9-23(21)28)24(32)10-7-16-31(36(3,34)35)20-13-11-19(26)12-14-20/h6,8-9,11-14,18H,4-5,7,10,15-17H2,1-3H3,(H,29,33)/t18-/m0/s1. The minimum absolute atomic E-state index is 0.0221. The van der Waals surface area contributed by atoms with Gasteiger partial charge in [-0.3, -0.25) is 13.9 Å². The highest BCUT2D eigenvalue weighted by Crippen LogP contribution is 2.27. The minimum atomic E-state index is -3.59. The Labute approximate surface area is 228 Å². The monoisotopic (exact) mass is 575 g/mol. The summed E-state index contributed by atoms with van der Waals surface area (Å²) < 4.78 is 26.0. The molecule has 2 aromatic rings. The summed E-state index contributed by atoms with van der Waals surface area (Å²) in [5.41, 5.74) is 0.999. The molecule has 0 saturated carbocycles. The van der Waals surface area contributed by atoms with E-state index in [1.807, 2.05) is 6.92 Å². The topological polar surface area (TPSA) is 86.8 Å². The molecule has 2 aromatic carbocycles. The molecule has 0 fully saturated rings. The maximum atomic E-state index is 13.3. The Kier molecular flexibility index (Phi) is 11.8. The summed E-state index contributed by atoms with van der Waals surface area (Å²) in [6.07, 6.45) is 3.13. The van der Waals surface area contributed by atoms with Gasteiger partial charge in [0.1, 0.15) is 6.04 Å². The fraction of sp³-hybridized carbons (Fsp3) is 0.440. The van der Waals surface area contributed by atoms with E-state index in [-0.39, 0.29) is 37.7 Å². The maximum absolute atomic E-state index is 13.3. The van der Waals surface area contributed by atoms with Crippen LogP contribution >= 0.6 is 34.8 Å². The first-order chi connectivity index (χ1) is 17.0. The van der Waals surface area contributed by atoms with Crippen molar-refractivity contribution in [1.82, 2.24) is 10.2 Å². The fourth-order valence-corrected chi connectivity index (χ4v) is 5.19. The van der Waals surface area contributed by atoms with Gasteiger partial charge in [-0.15, -0.1) is 0 Å². The predicted octanol–water partition coefficient (Wildman–Crippen LogP) is 5.53. The van der Waals surface area contributed by atoms with Crippen molar-refractivity contribution in [2.24, 2.45) is 0 Å². The molecule has 2 rings (SSSR count). The van der Waals surface area contributed by atoms with Gasteiger partial charge in [0, 0.05) is 46.7 Å². The highest BCUT2D eigenvalue weighted by Gasteiger charge is 2.27. The van der Waals surface area contributed by atoms with E-state index in [0.717, 1.165) is 19.1 Å². The van der Waals surface area contributed by atoms with E-state index in [9.17, 15) is 18.0 Å². The Balaban J connectivity index is 2.19. The number of carbonyl (C=O) groups is 2. The lowest BCUT2D eigenvalue weighted by Gasteiger charge is -2.30. The number of amides is 2. The molecular weight excluding hydrogens is 545 g/mol. The third kappa shape index (κ3) is 8.83. The summed E-state index contributed by atoms with van der Waals surface area (Å²) in [6, 6.07) is 10.7. The molecule has 198 valence electrons. The van der Waals surface area contributed by atoms with Crippen molar-refractivity contribution in [3.05, 3.63) is 63.1 Å². The first kappa shape index (κ1) is 30.2. The van der Waals surface area contributed by atoms with Gasteiger partial charge in [-0.05, 0) is 56.2 Å². The average Bonchev–Trinajstić information content (AvgIpc) is 2.81. The largest absolute Gasteiger partial charge is 0.354 e. The van der Waals surface area contributed by atoms with Crippen LogP contribution in [0.1, 0.15) is 45.1 Å². The fourth-order valence-electron chi connectivity index (χ4n) is 3.58. The first-order valence-corrected chi connectivity index (χ1v) is 14.7. The molecule has 0 bridgehead atoms.